The second kappa shape index (κ2) is 20.4. The third kappa shape index (κ3) is 9.40. The van der Waals surface area contributed by atoms with Gasteiger partial charge in [-0.25, -0.2) is 0 Å². The minimum absolute atomic E-state index is 0.148. The van der Waals surface area contributed by atoms with E-state index in [2.05, 4.69) is 0 Å². The number of nitrogens with zero attached hydrogens (tertiary/aromatic N) is 1. The number of aryl methyl sites for hydroxylation is 1. The highest BCUT2D eigenvalue weighted by Crippen LogP contribution is 2.61. The van der Waals surface area contributed by atoms with Gasteiger partial charge in [0.05, 0.1) is 33.1 Å². The second-order valence-electron chi connectivity index (χ2n) is 21.8. The minimum atomic E-state index is -5.22. The fraction of sp³-hybridized carbons (Fsp3) is 0.0959. The first-order chi connectivity index (χ1) is 41.4. The highest BCUT2D eigenvalue weighted by molar-refractivity contribution is 5.91. The van der Waals surface area contributed by atoms with Crippen LogP contribution in [0, 0.1) is 6.92 Å². The Labute approximate surface area is 491 Å². The maximum absolute atomic E-state index is 15.4. The van der Waals surface area contributed by atoms with Crippen molar-refractivity contribution in [2.24, 2.45) is 0 Å². The van der Waals surface area contributed by atoms with Crippen LogP contribution < -0.4 is 4.90 Å². The van der Waals surface area contributed by atoms with Crippen LogP contribution in [0.2, 0.25) is 0 Å². The summed E-state index contributed by atoms with van der Waals surface area (Å²) in [6.45, 7) is 1.84. The van der Waals surface area contributed by atoms with E-state index in [1.807, 2.05) is 115 Å². The Morgan fingerprint density at radius 1 is 0.299 bits per heavy atom. The number of para-hydroxylation sites is 1. The molecular formula is C73H45F12NO. The molecule has 0 fully saturated rings. The van der Waals surface area contributed by atoms with Crippen LogP contribution in [0.15, 0.2) is 249 Å². The lowest BCUT2D eigenvalue weighted by Gasteiger charge is -2.36. The van der Waals surface area contributed by atoms with Crippen LogP contribution in [0.25, 0.3) is 44.5 Å². The maximum Gasteiger partial charge on any atom is 0.416 e. The lowest BCUT2D eigenvalue weighted by Crippen LogP contribution is -2.32. The van der Waals surface area contributed by atoms with Crippen molar-refractivity contribution >= 4 is 17.1 Å². The Kier molecular flexibility index (Phi) is 13.2. The lowest BCUT2D eigenvalue weighted by atomic mass is 9.66. The number of alkyl halides is 12. The van der Waals surface area contributed by atoms with Crippen LogP contribution in [-0.2, 0) is 35.5 Å². The van der Waals surface area contributed by atoms with Crippen molar-refractivity contribution in [1.29, 1.82) is 0 Å². The van der Waals surface area contributed by atoms with E-state index in [0.717, 1.165) is 46.3 Å². The first-order valence-corrected chi connectivity index (χ1v) is 27.5. The average Bonchev–Trinajstić information content (AvgIpc) is 1.59. The summed E-state index contributed by atoms with van der Waals surface area (Å²) >= 11 is 0. The molecule has 0 spiro atoms. The van der Waals surface area contributed by atoms with Gasteiger partial charge in [-0.2, -0.15) is 52.7 Å². The molecule has 14 heteroatoms. The van der Waals surface area contributed by atoms with Gasteiger partial charge in [0.1, 0.15) is 5.75 Å². The van der Waals surface area contributed by atoms with Gasteiger partial charge in [0, 0.05) is 17.1 Å². The molecular weight excluding hydrogens is 1130 g/mol. The first-order valence-electron chi connectivity index (χ1n) is 27.5. The normalized spacial score (nSPS) is 16.2. The summed E-state index contributed by atoms with van der Waals surface area (Å²) in [5.41, 5.74) is 1.14. The lowest BCUT2D eigenvalue weighted by molar-refractivity contribution is -0.145. The van der Waals surface area contributed by atoms with Crippen LogP contribution in [-0.4, -0.2) is 5.11 Å². The number of benzene rings is 11. The van der Waals surface area contributed by atoms with Crippen LogP contribution in [0.5, 0.6) is 5.75 Å². The van der Waals surface area contributed by atoms with Crippen molar-refractivity contribution in [3.63, 3.8) is 0 Å². The van der Waals surface area contributed by atoms with E-state index in [4.69, 9.17) is 0 Å². The molecule has 0 aliphatic heterocycles. The van der Waals surface area contributed by atoms with Crippen molar-refractivity contribution in [3.05, 3.63) is 321 Å². The Hall–Kier alpha value is -9.82. The molecule has 87 heavy (non-hydrogen) atoms. The smallest absolute Gasteiger partial charge is 0.416 e. The monoisotopic (exact) mass is 1180 g/mol. The van der Waals surface area contributed by atoms with Crippen molar-refractivity contribution in [3.8, 4) is 50.3 Å². The topological polar surface area (TPSA) is 23.5 Å². The molecule has 0 bridgehead atoms. The Balaban J connectivity index is 0.895. The molecule has 0 aromatic heterocycles. The summed E-state index contributed by atoms with van der Waals surface area (Å²) in [7, 11) is 0. The van der Waals surface area contributed by atoms with E-state index in [9.17, 15) is 44.6 Å². The molecule has 1 N–H and O–H groups in total. The van der Waals surface area contributed by atoms with Gasteiger partial charge in [0.15, 0.2) is 0 Å². The SMILES string of the molecule is Cc1ccc(C2(c3cc(C(F)(F)F)cc(C(F)(F)F)c3)c3ccccc3-c3cc(-c4ccc(N(c5ccccc5)c5ccc(-c6ccc7c(c6)C(c6ccc(O)cc6)(c6ccc(C(F)(F)F)cc6C(F)(F)F)c6ccccc6-7)cc5)cc4)ccc32)cc1. The Bertz CT molecular complexity index is 4420. The number of anilines is 3. The number of halogens is 12. The van der Waals surface area contributed by atoms with Gasteiger partial charge in [-0.15, -0.1) is 0 Å². The Morgan fingerprint density at radius 2 is 0.736 bits per heavy atom. The van der Waals surface area contributed by atoms with Crippen LogP contribution >= 0.6 is 0 Å². The van der Waals surface area contributed by atoms with Gasteiger partial charge in [-0.05, 0) is 187 Å². The van der Waals surface area contributed by atoms with Crippen molar-refractivity contribution in [2.75, 3.05) is 4.90 Å². The summed E-state index contributed by atoms with van der Waals surface area (Å²) in [6, 6.07) is 65.8. The standard InChI is InChI=1S/C73H45F12NO/c1-43-15-23-48(24-16-43)68(51-39-52(71(77,78)79)41-53(40-51)72(80,81)82)62-13-7-6-12-59(62)61-37-46(22-35-64(61)68)44-17-28-55(29-18-44)86(54-9-3-2-4-10-54)56-30-19-45(20-31-56)47-21-34-60-58-11-5-8-14-63(58)69(66(60)38-47,49-25-32-57(87)33-26-49)65-36-27-50(70(74,75)76)42-67(65)73(83,84)85/h2-42,87H,1H3. The number of hydrogen-bond donors (Lipinski definition) is 1. The molecule has 2 nitrogen and oxygen atoms in total. The molecule has 432 valence electrons. The zero-order valence-electron chi connectivity index (χ0n) is 45.6. The predicted octanol–water partition coefficient (Wildman–Crippen LogP) is 21.3. The van der Waals surface area contributed by atoms with E-state index >= 15 is 13.2 Å². The van der Waals surface area contributed by atoms with E-state index in [1.54, 1.807) is 84.9 Å². The number of phenolic OH excluding ortho intramolecular Hbond substituents is 1. The van der Waals surface area contributed by atoms with E-state index in [0.29, 0.717) is 73.0 Å². The van der Waals surface area contributed by atoms with Crippen molar-refractivity contribution in [1.82, 2.24) is 0 Å². The van der Waals surface area contributed by atoms with Gasteiger partial charge in [-0.3, -0.25) is 0 Å². The van der Waals surface area contributed by atoms with Gasteiger partial charge in [0.2, 0.25) is 0 Å². The van der Waals surface area contributed by atoms with Crippen molar-refractivity contribution < 1.29 is 57.8 Å². The van der Waals surface area contributed by atoms with Crippen LogP contribution in [0.3, 0.4) is 0 Å². The molecule has 0 saturated heterocycles. The molecule has 2 atom stereocenters. The quantitative estimate of drug-likeness (QED) is 0.146. The Morgan fingerprint density at radius 3 is 1.30 bits per heavy atom. The molecule has 0 radical (unpaired) electrons. The fourth-order valence-electron chi connectivity index (χ4n) is 13.1. The molecule has 11 aromatic carbocycles. The molecule has 13 rings (SSSR count). The largest absolute Gasteiger partial charge is 0.508 e. The average molecular weight is 1180 g/mol. The van der Waals surface area contributed by atoms with Crippen LogP contribution in [0.4, 0.5) is 69.7 Å². The summed E-state index contributed by atoms with van der Waals surface area (Å²) in [6.07, 6.45) is -20.5. The number of hydrogen-bond acceptors (Lipinski definition) is 2. The van der Waals surface area contributed by atoms with Gasteiger partial charge >= 0.3 is 24.7 Å². The van der Waals surface area contributed by atoms with Crippen LogP contribution in [0.1, 0.15) is 72.3 Å². The van der Waals surface area contributed by atoms with Gasteiger partial charge in [0.25, 0.3) is 0 Å². The molecule has 2 unspecified atom stereocenters. The van der Waals surface area contributed by atoms with E-state index in [-0.39, 0.29) is 29.0 Å². The summed E-state index contributed by atoms with van der Waals surface area (Å²) in [5.74, 6) is -0.162. The summed E-state index contributed by atoms with van der Waals surface area (Å²) in [5, 5.41) is 10.4. The highest BCUT2D eigenvalue weighted by Gasteiger charge is 2.52. The number of aromatic hydroxyl groups is 1. The molecule has 2 aliphatic carbocycles. The molecule has 0 amide bonds. The molecule has 11 aromatic rings. The zero-order valence-corrected chi connectivity index (χ0v) is 45.6. The van der Waals surface area contributed by atoms with Crippen molar-refractivity contribution in [2.45, 2.75) is 42.5 Å². The van der Waals surface area contributed by atoms with E-state index < -0.39 is 63.4 Å². The zero-order chi connectivity index (χ0) is 61.0. The van der Waals surface area contributed by atoms with Gasteiger partial charge < -0.3 is 10.0 Å². The maximum atomic E-state index is 15.4. The molecule has 2 aliphatic rings. The predicted molar refractivity (Wildman–Crippen MR) is 313 cm³/mol. The second-order valence-corrected chi connectivity index (χ2v) is 21.8. The summed E-state index contributed by atoms with van der Waals surface area (Å²) in [4.78, 5) is 2.02. The number of fused-ring (bicyclic) bond motifs is 6. The number of phenols is 1. The van der Waals surface area contributed by atoms with Gasteiger partial charge in [-0.1, -0.05) is 163 Å². The first kappa shape index (κ1) is 56.3. The third-order valence-electron chi connectivity index (χ3n) is 16.9. The molecule has 0 saturated carbocycles. The third-order valence-corrected chi connectivity index (χ3v) is 16.9. The molecule has 0 heterocycles. The number of rotatable bonds is 9. The highest BCUT2D eigenvalue weighted by atomic mass is 19.4. The van der Waals surface area contributed by atoms with E-state index in [1.165, 1.54) is 24.3 Å². The fourth-order valence-corrected chi connectivity index (χ4v) is 13.1. The summed E-state index contributed by atoms with van der Waals surface area (Å²) < 4.78 is 177. The minimum Gasteiger partial charge on any atom is -0.508 e.